The highest BCUT2D eigenvalue weighted by Gasteiger charge is 2.26. The molecule has 0 saturated heterocycles. The van der Waals surface area contributed by atoms with Gasteiger partial charge in [-0.3, -0.25) is 4.79 Å². The Balaban J connectivity index is 3.69. The number of aliphatic hydroxyl groups excluding tert-OH is 3. The molecule has 52 heavy (non-hydrogen) atoms. The van der Waals surface area contributed by atoms with E-state index in [2.05, 4.69) is 55.6 Å². The molecule has 0 aromatic heterocycles. The molecular formula is C47H89NO4. The zero-order valence-corrected chi connectivity index (χ0v) is 34.7. The van der Waals surface area contributed by atoms with Gasteiger partial charge in [-0.05, 0) is 77.0 Å². The van der Waals surface area contributed by atoms with E-state index in [1.165, 1.54) is 161 Å². The molecule has 0 aromatic carbocycles. The van der Waals surface area contributed by atoms with Crippen LogP contribution in [0.25, 0.3) is 0 Å². The van der Waals surface area contributed by atoms with Gasteiger partial charge in [0.2, 0.25) is 5.91 Å². The predicted molar refractivity (Wildman–Crippen MR) is 227 cm³/mol. The largest absolute Gasteiger partial charge is 0.394 e. The Morgan fingerprint density at radius 2 is 0.788 bits per heavy atom. The molecule has 0 aliphatic carbocycles. The Morgan fingerprint density at radius 3 is 1.17 bits per heavy atom. The summed E-state index contributed by atoms with van der Waals surface area (Å²) in [5.41, 5.74) is 0. The summed E-state index contributed by atoms with van der Waals surface area (Å²) in [6.07, 6.45) is 52.6. The van der Waals surface area contributed by atoms with Crippen LogP contribution in [-0.4, -0.2) is 46.1 Å². The van der Waals surface area contributed by atoms with E-state index in [1.807, 2.05) is 0 Å². The van der Waals surface area contributed by atoms with Crippen molar-refractivity contribution in [3.63, 3.8) is 0 Å². The minimum atomic E-state index is -1.17. The molecule has 5 heteroatoms. The van der Waals surface area contributed by atoms with Gasteiger partial charge in [-0.2, -0.15) is 0 Å². The lowest BCUT2D eigenvalue weighted by molar-refractivity contribution is -0.124. The maximum atomic E-state index is 12.4. The Morgan fingerprint density at radius 1 is 0.462 bits per heavy atom. The Bertz CT molecular complexity index is 809. The number of carbonyl (C=O) groups is 1. The fourth-order valence-electron chi connectivity index (χ4n) is 6.88. The van der Waals surface area contributed by atoms with E-state index < -0.39 is 18.2 Å². The molecule has 0 radical (unpaired) electrons. The van der Waals surface area contributed by atoms with Crippen LogP contribution >= 0.6 is 0 Å². The van der Waals surface area contributed by atoms with E-state index in [1.54, 1.807) is 0 Å². The van der Waals surface area contributed by atoms with Crippen LogP contribution in [0.15, 0.2) is 36.5 Å². The first kappa shape index (κ1) is 50.6. The molecule has 0 heterocycles. The molecule has 3 unspecified atom stereocenters. The summed E-state index contributed by atoms with van der Waals surface area (Å²) in [6.45, 7) is 4.16. The molecule has 3 atom stereocenters. The number of amides is 1. The van der Waals surface area contributed by atoms with E-state index >= 15 is 0 Å². The van der Waals surface area contributed by atoms with E-state index in [0.29, 0.717) is 12.8 Å². The zero-order valence-electron chi connectivity index (χ0n) is 34.7. The van der Waals surface area contributed by atoms with Gasteiger partial charge in [-0.25, -0.2) is 0 Å². The van der Waals surface area contributed by atoms with Gasteiger partial charge in [0.25, 0.3) is 0 Å². The summed E-state index contributed by atoms with van der Waals surface area (Å²) in [7, 11) is 0. The van der Waals surface area contributed by atoms with Gasteiger partial charge in [0.15, 0.2) is 0 Å². The van der Waals surface area contributed by atoms with Crippen LogP contribution < -0.4 is 5.32 Å². The number of rotatable bonds is 41. The number of hydrogen-bond acceptors (Lipinski definition) is 4. The van der Waals surface area contributed by atoms with Crippen molar-refractivity contribution in [1.82, 2.24) is 5.32 Å². The maximum absolute atomic E-state index is 12.4. The molecule has 5 nitrogen and oxygen atoms in total. The molecule has 0 aliphatic rings. The van der Waals surface area contributed by atoms with Crippen molar-refractivity contribution in [2.75, 3.05) is 6.61 Å². The molecule has 1 amide bonds. The van der Waals surface area contributed by atoms with Crippen molar-refractivity contribution in [1.29, 1.82) is 0 Å². The topological polar surface area (TPSA) is 89.8 Å². The smallest absolute Gasteiger partial charge is 0.220 e. The Hall–Kier alpha value is -1.43. The van der Waals surface area contributed by atoms with E-state index in [9.17, 15) is 20.1 Å². The summed E-state index contributed by atoms with van der Waals surface area (Å²) >= 11 is 0. The van der Waals surface area contributed by atoms with Gasteiger partial charge in [0.1, 0.15) is 6.10 Å². The Kier molecular flexibility index (Phi) is 41.1. The molecule has 0 bridgehead atoms. The third-order valence-corrected chi connectivity index (χ3v) is 10.4. The SMILES string of the molecule is CCCCCCCC/C=C\CCCCCCCCCC(=O)NC(CO)C(O)C(O)CCC/C=C/CC/C=C/CCCCCCCCCCCCCC. The third-order valence-electron chi connectivity index (χ3n) is 10.4. The fraction of sp³-hybridized carbons (Fsp3) is 0.851. The molecule has 0 spiro atoms. The number of hydrogen-bond donors (Lipinski definition) is 4. The normalized spacial score (nSPS) is 13.9. The van der Waals surface area contributed by atoms with Crippen LogP contribution in [-0.2, 0) is 4.79 Å². The minimum Gasteiger partial charge on any atom is -0.394 e. The van der Waals surface area contributed by atoms with Crippen LogP contribution in [0.5, 0.6) is 0 Å². The zero-order chi connectivity index (χ0) is 38.0. The average molecular weight is 732 g/mol. The molecule has 0 rings (SSSR count). The molecule has 0 aromatic rings. The van der Waals surface area contributed by atoms with Crippen LogP contribution in [0.1, 0.15) is 232 Å². The van der Waals surface area contributed by atoms with E-state index in [0.717, 1.165) is 44.9 Å². The molecule has 0 aliphatic heterocycles. The van der Waals surface area contributed by atoms with Crippen LogP contribution in [0.4, 0.5) is 0 Å². The lowest BCUT2D eigenvalue weighted by atomic mass is 10.0. The van der Waals surface area contributed by atoms with Crippen LogP contribution in [0.2, 0.25) is 0 Å². The summed E-state index contributed by atoms with van der Waals surface area (Å²) in [5, 5.41) is 33.5. The van der Waals surface area contributed by atoms with Gasteiger partial charge >= 0.3 is 0 Å². The summed E-state index contributed by atoms with van der Waals surface area (Å²) in [4.78, 5) is 12.4. The highest BCUT2D eigenvalue weighted by atomic mass is 16.3. The standard InChI is InChI=1S/C47H89NO4/c1-3-5-7-9-11-13-15-17-19-21-22-23-24-26-27-29-31-33-35-37-39-41-45(50)47(52)44(43-49)48-46(51)42-40-38-36-34-32-30-28-25-20-18-16-14-12-10-8-6-4-2/h18,20,26-27,33,35,44-45,47,49-50,52H,3-17,19,21-25,28-32,34,36-43H2,1-2H3,(H,48,51)/b20-18-,27-26+,35-33+. The number of carbonyl (C=O) groups excluding carboxylic acids is 1. The highest BCUT2D eigenvalue weighted by molar-refractivity contribution is 5.76. The van der Waals surface area contributed by atoms with Gasteiger partial charge in [0, 0.05) is 6.42 Å². The van der Waals surface area contributed by atoms with Crippen LogP contribution in [0, 0.1) is 0 Å². The monoisotopic (exact) mass is 732 g/mol. The second kappa shape index (κ2) is 42.3. The van der Waals surface area contributed by atoms with Crippen molar-refractivity contribution in [2.45, 2.75) is 250 Å². The van der Waals surface area contributed by atoms with Gasteiger partial charge in [-0.15, -0.1) is 0 Å². The average Bonchev–Trinajstić information content (AvgIpc) is 3.15. The quantitative estimate of drug-likeness (QED) is 0.0372. The summed E-state index contributed by atoms with van der Waals surface area (Å²) in [6, 6.07) is -0.834. The van der Waals surface area contributed by atoms with Crippen molar-refractivity contribution in [3.05, 3.63) is 36.5 Å². The number of aliphatic hydroxyl groups is 3. The minimum absolute atomic E-state index is 0.163. The Labute approximate surface area is 324 Å². The first-order chi connectivity index (χ1) is 25.6. The third kappa shape index (κ3) is 36.9. The second-order valence-corrected chi connectivity index (χ2v) is 15.6. The number of nitrogens with one attached hydrogen (secondary N) is 1. The number of unbranched alkanes of at least 4 members (excludes halogenated alkanes) is 27. The van der Waals surface area contributed by atoms with E-state index in [-0.39, 0.29) is 12.5 Å². The molecule has 4 N–H and O–H groups in total. The molecular weight excluding hydrogens is 643 g/mol. The molecule has 0 saturated carbocycles. The van der Waals surface area contributed by atoms with Gasteiger partial charge in [-0.1, -0.05) is 185 Å². The van der Waals surface area contributed by atoms with Crippen molar-refractivity contribution < 1.29 is 20.1 Å². The fourth-order valence-corrected chi connectivity index (χ4v) is 6.88. The lowest BCUT2D eigenvalue weighted by Crippen LogP contribution is -2.50. The first-order valence-electron chi connectivity index (χ1n) is 22.8. The lowest BCUT2D eigenvalue weighted by Gasteiger charge is -2.26. The van der Waals surface area contributed by atoms with Crippen molar-refractivity contribution in [2.24, 2.45) is 0 Å². The van der Waals surface area contributed by atoms with Crippen molar-refractivity contribution in [3.8, 4) is 0 Å². The second-order valence-electron chi connectivity index (χ2n) is 15.6. The molecule has 306 valence electrons. The number of allylic oxidation sites excluding steroid dienone is 6. The van der Waals surface area contributed by atoms with Gasteiger partial charge in [0.05, 0.1) is 18.8 Å². The van der Waals surface area contributed by atoms with Crippen molar-refractivity contribution >= 4 is 5.91 Å². The van der Waals surface area contributed by atoms with Gasteiger partial charge < -0.3 is 20.6 Å². The van der Waals surface area contributed by atoms with E-state index in [4.69, 9.17) is 0 Å². The summed E-state index contributed by atoms with van der Waals surface area (Å²) < 4.78 is 0. The first-order valence-corrected chi connectivity index (χ1v) is 22.8. The molecule has 0 fully saturated rings. The predicted octanol–water partition coefficient (Wildman–Crippen LogP) is 13.2. The van der Waals surface area contributed by atoms with Crippen LogP contribution in [0.3, 0.4) is 0 Å². The summed E-state index contributed by atoms with van der Waals surface area (Å²) in [5.74, 6) is -0.163. The highest BCUT2D eigenvalue weighted by Crippen LogP contribution is 2.15. The maximum Gasteiger partial charge on any atom is 0.220 e.